The Hall–Kier alpha value is -3.30. The fraction of sp³-hybridized carbons (Fsp3) is 0.588. The molecule has 3 aliphatic carbocycles. The fourth-order valence-electron chi connectivity index (χ4n) is 7.79. The molecule has 1 N–H and O–H groups in total. The zero-order valence-corrected chi connectivity index (χ0v) is 26.1. The topological polar surface area (TPSA) is 129 Å². The van der Waals surface area contributed by atoms with Gasteiger partial charge in [-0.3, -0.25) is 9.59 Å². The van der Waals surface area contributed by atoms with E-state index in [1.54, 1.807) is 70.2 Å². The van der Waals surface area contributed by atoms with Gasteiger partial charge in [-0.2, -0.15) is 0 Å². The zero-order valence-electron chi connectivity index (χ0n) is 26.1. The Balaban J connectivity index is 1.62. The van der Waals surface area contributed by atoms with Gasteiger partial charge in [-0.1, -0.05) is 52.0 Å². The van der Waals surface area contributed by atoms with Crippen molar-refractivity contribution >= 4 is 23.7 Å². The predicted octanol–water partition coefficient (Wildman–Crippen LogP) is 4.37. The van der Waals surface area contributed by atoms with Gasteiger partial charge in [0.15, 0.2) is 17.0 Å². The largest absolute Gasteiger partial charge is 0.461 e. The number of hydrogen-bond acceptors (Lipinski definition) is 9. The van der Waals surface area contributed by atoms with Crippen LogP contribution in [0.25, 0.3) is 0 Å². The van der Waals surface area contributed by atoms with Crippen molar-refractivity contribution in [1.82, 2.24) is 0 Å². The molecule has 9 heteroatoms. The molecule has 2 saturated carbocycles. The van der Waals surface area contributed by atoms with E-state index >= 15 is 0 Å². The maximum absolute atomic E-state index is 14.5. The van der Waals surface area contributed by atoms with Crippen LogP contribution in [0.15, 0.2) is 53.6 Å². The number of epoxide rings is 1. The molecule has 43 heavy (non-hydrogen) atoms. The number of carbonyl (C=O) groups is 4. The Morgan fingerprint density at radius 2 is 1.63 bits per heavy atom. The van der Waals surface area contributed by atoms with Crippen molar-refractivity contribution in [3.63, 3.8) is 0 Å². The van der Waals surface area contributed by atoms with Gasteiger partial charge in [0.1, 0.15) is 24.4 Å². The zero-order chi connectivity index (χ0) is 31.6. The quantitative estimate of drug-likeness (QED) is 0.174. The highest BCUT2D eigenvalue weighted by Crippen LogP contribution is 2.68. The lowest BCUT2D eigenvalue weighted by Crippen LogP contribution is -2.43. The van der Waals surface area contributed by atoms with Gasteiger partial charge in [0, 0.05) is 24.3 Å². The standard InChI is InChI=1S/C34H42O9/c1-9-17(2)30(38)41-27-24-23(32(24,7)8)26(40-21(6)35)20(5)28(37)33-16-19(4)29(34(33,43-33)15-18(3)25(27)36)42-31(39)22-13-11-10-12-14-22/h9-15,19-20,23-27,29,36H,16H2,1-8H3/b17-9+,18-15+/t19-,20+,23-,24+,25+,26+,27?,29-,33-,34-/m0/s1. The first-order valence-corrected chi connectivity index (χ1v) is 15.0. The Morgan fingerprint density at radius 1 is 1.00 bits per heavy atom. The minimum atomic E-state index is -1.34. The molecule has 0 aromatic heterocycles. The number of hydrogen-bond donors (Lipinski definition) is 1. The second kappa shape index (κ2) is 10.7. The van der Waals surface area contributed by atoms with Crippen molar-refractivity contribution in [2.75, 3.05) is 0 Å². The van der Waals surface area contributed by atoms with E-state index in [-0.39, 0.29) is 24.0 Å². The summed E-state index contributed by atoms with van der Waals surface area (Å²) in [6.45, 7) is 13.9. The summed E-state index contributed by atoms with van der Waals surface area (Å²) in [6.07, 6.45) is -0.327. The second-order valence-corrected chi connectivity index (χ2v) is 13.4. The van der Waals surface area contributed by atoms with Gasteiger partial charge >= 0.3 is 17.9 Å². The molecule has 3 fully saturated rings. The van der Waals surface area contributed by atoms with Gasteiger partial charge < -0.3 is 24.1 Å². The highest BCUT2D eigenvalue weighted by molar-refractivity contribution is 5.96. The molecule has 0 spiro atoms. The minimum Gasteiger partial charge on any atom is -0.461 e. The van der Waals surface area contributed by atoms with Crippen LogP contribution in [0.2, 0.25) is 0 Å². The summed E-state index contributed by atoms with van der Waals surface area (Å²) in [6, 6.07) is 8.58. The van der Waals surface area contributed by atoms with Crippen LogP contribution in [0.1, 0.15) is 72.2 Å². The van der Waals surface area contributed by atoms with E-state index in [1.807, 2.05) is 20.8 Å². The Kier molecular flexibility index (Phi) is 7.75. The van der Waals surface area contributed by atoms with E-state index in [0.29, 0.717) is 16.7 Å². The maximum Gasteiger partial charge on any atom is 0.338 e. The lowest BCUT2D eigenvalue weighted by Gasteiger charge is -2.28. The number of aliphatic hydroxyl groups is 1. The van der Waals surface area contributed by atoms with Gasteiger partial charge in [0.25, 0.3) is 0 Å². The first-order valence-electron chi connectivity index (χ1n) is 15.0. The molecule has 1 aromatic rings. The van der Waals surface area contributed by atoms with Gasteiger partial charge in [-0.05, 0) is 62.3 Å². The Labute approximate surface area is 252 Å². The average Bonchev–Trinajstić information content (AvgIpc) is 3.76. The van der Waals surface area contributed by atoms with E-state index in [4.69, 9.17) is 18.9 Å². The lowest BCUT2D eigenvalue weighted by molar-refractivity contribution is -0.157. The van der Waals surface area contributed by atoms with Crippen molar-refractivity contribution in [2.24, 2.45) is 29.1 Å². The first kappa shape index (κ1) is 31.1. The number of ether oxygens (including phenoxy) is 4. The van der Waals surface area contributed by atoms with Crippen molar-refractivity contribution in [2.45, 2.75) is 97.4 Å². The van der Waals surface area contributed by atoms with Gasteiger partial charge in [-0.15, -0.1) is 0 Å². The molecule has 4 aliphatic rings. The Bertz CT molecular complexity index is 1390. The number of esters is 3. The highest BCUT2D eigenvalue weighted by Gasteiger charge is 2.84. The summed E-state index contributed by atoms with van der Waals surface area (Å²) < 4.78 is 24.3. The van der Waals surface area contributed by atoms with Gasteiger partial charge in [0.2, 0.25) is 0 Å². The van der Waals surface area contributed by atoms with Gasteiger partial charge in [0.05, 0.1) is 11.5 Å². The van der Waals surface area contributed by atoms with E-state index in [0.717, 1.165) is 0 Å². The first-order chi connectivity index (χ1) is 20.1. The smallest absolute Gasteiger partial charge is 0.338 e. The van der Waals surface area contributed by atoms with Crippen LogP contribution in [0, 0.1) is 29.1 Å². The molecule has 0 amide bonds. The molecular formula is C34H42O9. The summed E-state index contributed by atoms with van der Waals surface area (Å²) in [5.41, 5.74) is -2.02. The molecular weight excluding hydrogens is 552 g/mol. The second-order valence-electron chi connectivity index (χ2n) is 13.4. The van der Waals surface area contributed by atoms with Crippen molar-refractivity contribution in [1.29, 1.82) is 0 Å². The Morgan fingerprint density at radius 3 is 2.23 bits per heavy atom. The number of benzene rings is 1. The third-order valence-electron chi connectivity index (χ3n) is 10.3. The fourth-order valence-corrected chi connectivity index (χ4v) is 7.79. The maximum atomic E-state index is 14.5. The number of ketones is 1. The molecule has 5 rings (SSSR count). The lowest BCUT2D eigenvalue weighted by atomic mass is 9.80. The SMILES string of the molecule is C/C=C(\C)C(=O)OC1[C@H](O)/C(C)=C/[C@@]23O[C@@]2(C[C@H](C)[C@@H]3OC(=O)c2ccccc2)C(=O)[C@H](C)[C@@H](OC(C)=O)[C@@H]2[C@H]1C2(C)C. The molecule has 9 nitrogen and oxygen atoms in total. The summed E-state index contributed by atoms with van der Waals surface area (Å²) in [5, 5.41) is 11.8. The molecule has 1 saturated heterocycles. The molecule has 0 radical (unpaired) electrons. The van der Waals surface area contributed by atoms with Crippen LogP contribution < -0.4 is 0 Å². The molecule has 1 aromatic carbocycles. The molecule has 0 bridgehead atoms. The number of allylic oxidation sites excluding steroid dienone is 1. The van der Waals surface area contributed by atoms with E-state index in [9.17, 15) is 24.3 Å². The average molecular weight is 595 g/mol. The van der Waals surface area contributed by atoms with Crippen molar-refractivity contribution < 1.29 is 43.2 Å². The van der Waals surface area contributed by atoms with Gasteiger partial charge in [-0.25, -0.2) is 9.59 Å². The van der Waals surface area contributed by atoms with Crippen LogP contribution in [0.3, 0.4) is 0 Å². The van der Waals surface area contributed by atoms with Crippen LogP contribution in [0.4, 0.5) is 0 Å². The minimum absolute atomic E-state index is 0.246. The number of Topliss-reactive ketones (excluding diaryl/α,β-unsaturated/α-hetero) is 1. The number of fused-ring (bicyclic) bond motifs is 1. The summed E-state index contributed by atoms with van der Waals surface area (Å²) >= 11 is 0. The molecule has 10 atom stereocenters. The van der Waals surface area contributed by atoms with E-state index < -0.39 is 70.8 Å². The summed E-state index contributed by atoms with van der Waals surface area (Å²) in [4.78, 5) is 53.1. The summed E-state index contributed by atoms with van der Waals surface area (Å²) in [7, 11) is 0. The van der Waals surface area contributed by atoms with E-state index in [1.165, 1.54) is 6.92 Å². The third kappa shape index (κ3) is 4.85. The molecule has 232 valence electrons. The molecule has 1 heterocycles. The van der Waals surface area contributed by atoms with Crippen LogP contribution >= 0.6 is 0 Å². The molecule has 1 aliphatic heterocycles. The predicted molar refractivity (Wildman–Crippen MR) is 156 cm³/mol. The number of aliphatic hydroxyl groups excluding tert-OH is 1. The van der Waals surface area contributed by atoms with Crippen molar-refractivity contribution in [3.8, 4) is 0 Å². The van der Waals surface area contributed by atoms with Crippen LogP contribution in [-0.4, -0.2) is 64.4 Å². The number of rotatable bonds is 5. The van der Waals surface area contributed by atoms with Crippen molar-refractivity contribution in [3.05, 3.63) is 59.2 Å². The highest BCUT2D eigenvalue weighted by atomic mass is 16.7. The summed E-state index contributed by atoms with van der Waals surface area (Å²) in [5.74, 6) is -3.73. The van der Waals surface area contributed by atoms with Crippen LogP contribution in [-0.2, 0) is 33.3 Å². The normalized spacial score (nSPS) is 40.8. The number of carbonyl (C=O) groups excluding carboxylic acids is 4. The van der Waals surface area contributed by atoms with Crippen LogP contribution in [0.5, 0.6) is 0 Å². The monoisotopic (exact) mass is 594 g/mol. The third-order valence-corrected chi connectivity index (χ3v) is 10.3. The van der Waals surface area contributed by atoms with E-state index in [2.05, 4.69) is 0 Å². The molecule has 1 unspecified atom stereocenters.